The van der Waals surface area contributed by atoms with Crippen LogP contribution in [0.3, 0.4) is 0 Å². The van der Waals surface area contributed by atoms with Gasteiger partial charge in [-0.15, -0.1) is 0 Å². The quantitative estimate of drug-likeness (QED) is 0.452. The van der Waals surface area contributed by atoms with Crippen molar-refractivity contribution in [3.05, 3.63) is 107 Å². The second-order valence-corrected chi connectivity index (χ2v) is 8.13. The number of methoxy groups -OCH3 is 1. The fourth-order valence-electron chi connectivity index (χ4n) is 4.41. The molecule has 0 fully saturated rings. The van der Waals surface area contributed by atoms with Gasteiger partial charge in [-0.3, -0.25) is 10.1 Å². The highest BCUT2D eigenvalue weighted by atomic mass is 16.5. The Bertz CT molecular complexity index is 1290. The Morgan fingerprint density at radius 2 is 1.67 bits per heavy atom. The largest absolute Gasteiger partial charge is 0.468 e. The van der Waals surface area contributed by atoms with Gasteiger partial charge in [0.15, 0.2) is 0 Å². The first-order chi connectivity index (χ1) is 16.1. The molecule has 4 aromatic rings. The van der Waals surface area contributed by atoms with Crippen molar-refractivity contribution in [1.82, 2.24) is 10.3 Å². The molecule has 6 nitrogen and oxygen atoms in total. The molecule has 0 amide bonds. The van der Waals surface area contributed by atoms with E-state index < -0.39 is 6.04 Å². The van der Waals surface area contributed by atoms with Crippen LogP contribution in [0.2, 0.25) is 0 Å². The summed E-state index contributed by atoms with van der Waals surface area (Å²) in [6.07, 6.45) is 0.548. The van der Waals surface area contributed by atoms with Crippen molar-refractivity contribution < 1.29 is 19.1 Å². The highest BCUT2D eigenvalue weighted by Crippen LogP contribution is 2.35. The van der Waals surface area contributed by atoms with Crippen molar-refractivity contribution in [3.63, 3.8) is 0 Å². The van der Waals surface area contributed by atoms with Crippen molar-refractivity contribution in [2.45, 2.75) is 25.1 Å². The number of rotatable bonds is 5. The maximum Gasteiger partial charge on any atom is 0.338 e. The molecule has 0 bridgehead atoms. The molecule has 0 radical (unpaired) electrons. The summed E-state index contributed by atoms with van der Waals surface area (Å²) in [5, 5.41) is 4.52. The van der Waals surface area contributed by atoms with E-state index in [9.17, 15) is 9.59 Å². The number of carbonyl (C=O) groups excluding carboxylic acids is 2. The number of para-hydroxylation sites is 1. The first kappa shape index (κ1) is 21.0. The van der Waals surface area contributed by atoms with Crippen LogP contribution in [0.4, 0.5) is 0 Å². The molecule has 3 aromatic carbocycles. The molecule has 2 N–H and O–H groups in total. The number of nitrogens with one attached hydrogen (secondary N) is 2. The van der Waals surface area contributed by atoms with E-state index in [4.69, 9.17) is 9.47 Å². The average molecular weight is 440 g/mol. The number of ether oxygens (including phenoxy) is 2. The lowest BCUT2D eigenvalue weighted by Gasteiger charge is -2.30. The maximum atomic E-state index is 12.5. The monoisotopic (exact) mass is 440 g/mol. The fourth-order valence-corrected chi connectivity index (χ4v) is 4.41. The zero-order valence-electron chi connectivity index (χ0n) is 18.2. The van der Waals surface area contributed by atoms with E-state index in [1.165, 1.54) is 7.11 Å². The predicted molar refractivity (Wildman–Crippen MR) is 125 cm³/mol. The van der Waals surface area contributed by atoms with Crippen LogP contribution in [0.15, 0.2) is 78.9 Å². The van der Waals surface area contributed by atoms with Gasteiger partial charge in [0.05, 0.1) is 18.7 Å². The molecule has 2 atom stereocenters. The van der Waals surface area contributed by atoms with Crippen molar-refractivity contribution in [1.29, 1.82) is 0 Å². The smallest absolute Gasteiger partial charge is 0.338 e. The van der Waals surface area contributed by atoms with Crippen LogP contribution in [0.25, 0.3) is 10.9 Å². The van der Waals surface area contributed by atoms with Crippen LogP contribution >= 0.6 is 0 Å². The van der Waals surface area contributed by atoms with E-state index in [0.29, 0.717) is 12.0 Å². The molecule has 0 saturated heterocycles. The van der Waals surface area contributed by atoms with Crippen LogP contribution in [-0.2, 0) is 27.3 Å². The molecule has 0 aliphatic carbocycles. The van der Waals surface area contributed by atoms with Gasteiger partial charge < -0.3 is 14.5 Å². The number of benzene rings is 3. The molecule has 0 unspecified atom stereocenters. The molecular weight excluding hydrogens is 416 g/mol. The lowest BCUT2D eigenvalue weighted by Crippen LogP contribution is -2.45. The van der Waals surface area contributed by atoms with Crippen molar-refractivity contribution >= 4 is 22.8 Å². The topological polar surface area (TPSA) is 80.4 Å². The van der Waals surface area contributed by atoms with Crippen molar-refractivity contribution in [2.75, 3.05) is 7.11 Å². The van der Waals surface area contributed by atoms with E-state index in [0.717, 1.165) is 33.3 Å². The van der Waals surface area contributed by atoms with E-state index >= 15 is 0 Å². The van der Waals surface area contributed by atoms with Crippen molar-refractivity contribution in [3.8, 4) is 0 Å². The lowest BCUT2D eigenvalue weighted by atomic mass is 9.90. The number of aromatic nitrogens is 1. The summed E-state index contributed by atoms with van der Waals surface area (Å²) in [5.41, 5.74) is 5.52. The molecule has 1 aliphatic heterocycles. The Morgan fingerprint density at radius 1 is 0.939 bits per heavy atom. The Hall–Kier alpha value is -3.90. The van der Waals surface area contributed by atoms with Gasteiger partial charge in [0.25, 0.3) is 0 Å². The van der Waals surface area contributed by atoms with Crippen LogP contribution in [0.5, 0.6) is 0 Å². The summed E-state index contributed by atoms with van der Waals surface area (Å²) >= 11 is 0. The normalized spacial score (nSPS) is 17.4. The van der Waals surface area contributed by atoms with E-state index in [1.807, 2.05) is 60.7 Å². The summed E-state index contributed by atoms with van der Waals surface area (Å²) in [6, 6.07) is 24.3. The van der Waals surface area contributed by atoms with Gasteiger partial charge in [0, 0.05) is 23.0 Å². The SMILES string of the molecule is COC(=O)[C@H]1Cc2c([nH]c3ccccc23)[C@@H](c2ccc(C(=O)OCc3ccccc3)cc2)N1. The highest BCUT2D eigenvalue weighted by molar-refractivity contribution is 5.90. The molecule has 5 rings (SSSR count). The zero-order chi connectivity index (χ0) is 22.8. The van der Waals surface area contributed by atoms with Gasteiger partial charge in [-0.25, -0.2) is 4.79 Å². The van der Waals surface area contributed by atoms with Crippen LogP contribution in [-0.4, -0.2) is 30.1 Å². The van der Waals surface area contributed by atoms with E-state index in [-0.39, 0.29) is 24.6 Å². The average Bonchev–Trinajstić information content (AvgIpc) is 3.25. The highest BCUT2D eigenvalue weighted by Gasteiger charge is 2.34. The molecule has 1 aliphatic rings. The molecular formula is C27H24N2O4. The third-order valence-corrected chi connectivity index (χ3v) is 6.09. The molecule has 1 aromatic heterocycles. The Labute approximate surface area is 191 Å². The molecule has 33 heavy (non-hydrogen) atoms. The number of H-pyrrole nitrogens is 1. The first-order valence-corrected chi connectivity index (χ1v) is 10.9. The Kier molecular flexibility index (Phi) is 5.67. The second kappa shape index (κ2) is 8.92. The summed E-state index contributed by atoms with van der Waals surface area (Å²) in [7, 11) is 1.40. The fraction of sp³-hybridized carbons (Fsp3) is 0.185. The van der Waals surface area contributed by atoms with Gasteiger partial charge in [-0.1, -0.05) is 60.7 Å². The maximum absolute atomic E-state index is 12.5. The predicted octanol–water partition coefficient (Wildman–Crippen LogP) is 4.30. The molecule has 166 valence electrons. The summed E-state index contributed by atoms with van der Waals surface area (Å²) in [6.45, 7) is 0.227. The van der Waals surface area contributed by atoms with Gasteiger partial charge in [-0.05, 0) is 34.9 Å². The van der Waals surface area contributed by atoms with Gasteiger partial charge in [0.2, 0.25) is 0 Å². The standard InChI is InChI=1S/C27H24N2O4/c1-32-27(31)23-15-21-20-9-5-6-10-22(20)28-25(21)24(29-23)18-11-13-19(14-12-18)26(30)33-16-17-7-3-2-4-8-17/h2-14,23-24,28-29H,15-16H2,1H3/t23-,24-/m1/s1. The van der Waals surface area contributed by atoms with Crippen LogP contribution in [0.1, 0.15) is 38.8 Å². The summed E-state index contributed by atoms with van der Waals surface area (Å²) in [5.74, 6) is -0.669. The summed E-state index contributed by atoms with van der Waals surface area (Å²) < 4.78 is 10.5. The zero-order valence-corrected chi connectivity index (χ0v) is 18.2. The third kappa shape index (κ3) is 4.13. The second-order valence-electron chi connectivity index (χ2n) is 8.13. The van der Waals surface area contributed by atoms with Gasteiger partial charge in [0.1, 0.15) is 12.6 Å². The first-order valence-electron chi connectivity index (χ1n) is 10.9. The minimum atomic E-state index is -0.456. The molecule has 6 heteroatoms. The number of aromatic amines is 1. The summed E-state index contributed by atoms with van der Waals surface area (Å²) in [4.78, 5) is 28.4. The number of hydrogen-bond donors (Lipinski definition) is 2. The van der Waals surface area contributed by atoms with E-state index in [2.05, 4.69) is 16.4 Å². The number of esters is 2. The Morgan fingerprint density at radius 3 is 2.42 bits per heavy atom. The van der Waals surface area contributed by atoms with Crippen LogP contribution < -0.4 is 5.32 Å². The van der Waals surface area contributed by atoms with Crippen molar-refractivity contribution in [2.24, 2.45) is 0 Å². The minimum absolute atomic E-state index is 0.227. The number of hydrogen-bond acceptors (Lipinski definition) is 5. The van der Waals surface area contributed by atoms with Gasteiger partial charge in [-0.2, -0.15) is 0 Å². The molecule has 2 heterocycles. The minimum Gasteiger partial charge on any atom is -0.468 e. The third-order valence-electron chi connectivity index (χ3n) is 6.09. The lowest BCUT2D eigenvalue weighted by molar-refractivity contribution is -0.143. The van der Waals surface area contributed by atoms with Gasteiger partial charge >= 0.3 is 11.9 Å². The van der Waals surface area contributed by atoms with Crippen LogP contribution in [0, 0.1) is 0 Å². The Balaban J connectivity index is 1.41. The molecule has 0 spiro atoms. The molecule has 0 saturated carbocycles. The van der Waals surface area contributed by atoms with E-state index in [1.54, 1.807) is 12.1 Å². The number of carbonyl (C=O) groups is 2. The number of fused-ring (bicyclic) bond motifs is 3.